The number of benzene rings is 2. The largest absolute Gasteiger partial charge is 0.487 e. The number of ether oxygens (including phenoxy) is 1. The van der Waals surface area contributed by atoms with E-state index in [0.29, 0.717) is 24.5 Å². The van der Waals surface area contributed by atoms with Crippen molar-refractivity contribution >= 4 is 17.2 Å². The SMILES string of the molecule is CN(Cc1ccccc1)C(=O)c1cccc(OCc2cscn2)c1. The molecule has 4 nitrogen and oxygen atoms in total. The predicted octanol–water partition coefficient (Wildman–Crippen LogP) is 3.99. The molecule has 0 aliphatic carbocycles. The van der Waals surface area contributed by atoms with Gasteiger partial charge in [-0.3, -0.25) is 4.79 Å². The summed E-state index contributed by atoms with van der Waals surface area (Å²) in [5, 5.41) is 1.95. The van der Waals surface area contributed by atoms with Gasteiger partial charge in [-0.25, -0.2) is 4.98 Å². The molecule has 3 rings (SSSR count). The first-order chi connectivity index (χ1) is 11.7. The molecule has 24 heavy (non-hydrogen) atoms. The molecular formula is C19H18N2O2S. The van der Waals surface area contributed by atoms with Crippen LogP contribution in [0.2, 0.25) is 0 Å². The Bertz CT molecular complexity index is 788. The van der Waals surface area contributed by atoms with Crippen molar-refractivity contribution in [1.29, 1.82) is 0 Å². The Hall–Kier alpha value is -2.66. The Morgan fingerprint density at radius 1 is 1.17 bits per heavy atom. The Labute approximate surface area is 145 Å². The van der Waals surface area contributed by atoms with Crippen LogP contribution in [0.25, 0.3) is 0 Å². The molecule has 5 heteroatoms. The van der Waals surface area contributed by atoms with Crippen LogP contribution in [0.1, 0.15) is 21.6 Å². The van der Waals surface area contributed by atoms with E-state index in [9.17, 15) is 4.79 Å². The lowest BCUT2D eigenvalue weighted by atomic mass is 10.1. The molecule has 3 aromatic rings. The number of nitrogens with zero attached hydrogens (tertiary/aromatic N) is 2. The number of carbonyl (C=O) groups excluding carboxylic acids is 1. The van der Waals surface area contributed by atoms with E-state index >= 15 is 0 Å². The van der Waals surface area contributed by atoms with Crippen molar-refractivity contribution in [3.8, 4) is 5.75 Å². The van der Waals surface area contributed by atoms with Gasteiger partial charge in [0.1, 0.15) is 12.4 Å². The minimum Gasteiger partial charge on any atom is -0.487 e. The van der Waals surface area contributed by atoms with Gasteiger partial charge in [-0.05, 0) is 23.8 Å². The minimum atomic E-state index is -0.0297. The monoisotopic (exact) mass is 338 g/mol. The van der Waals surface area contributed by atoms with Crippen molar-refractivity contribution in [3.63, 3.8) is 0 Å². The molecule has 1 heterocycles. The van der Waals surface area contributed by atoms with Crippen LogP contribution < -0.4 is 4.74 Å². The molecule has 0 N–H and O–H groups in total. The number of carbonyl (C=O) groups is 1. The number of thiazole rings is 1. The summed E-state index contributed by atoms with van der Waals surface area (Å²) in [5.74, 6) is 0.639. The van der Waals surface area contributed by atoms with Gasteiger partial charge in [0.25, 0.3) is 5.91 Å². The molecule has 1 aromatic heterocycles. The second kappa shape index (κ2) is 7.75. The van der Waals surface area contributed by atoms with E-state index in [2.05, 4.69) is 4.98 Å². The summed E-state index contributed by atoms with van der Waals surface area (Å²) in [6.07, 6.45) is 0. The fourth-order valence-electron chi connectivity index (χ4n) is 2.33. The molecule has 0 spiro atoms. The fraction of sp³-hybridized carbons (Fsp3) is 0.158. The third kappa shape index (κ3) is 4.20. The zero-order chi connectivity index (χ0) is 16.8. The quantitative estimate of drug-likeness (QED) is 0.682. The van der Waals surface area contributed by atoms with Crippen molar-refractivity contribution in [3.05, 3.63) is 82.3 Å². The van der Waals surface area contributed by atoms with Gasteiger partial charge < -0.3 is 9.64 Å². The highest BCUT2D eigenvalue weighted by molar-refractivity contribution is 7.07. The summed E-state index contributed by atoms with van der Waals surface area (Å²) in [5.41, 5.74) is 4.38. The molecule has 0 saturated heterocycles. The molecule has 0 aliphatic heterocycles. The Morgan fingerprint density at radius 2 is 2.00 bits per heavy atom. The second-order valence-electron chi connectivity index (χ2n) is 5.44. The van der Waals surface area contributed by atoms with Gasteiger partial charge >= 0.3 is 0 Å². The maximum absolute atomic E-state index is 12.6. The first-order valence-electron chi connectivity index (χ1n) is 7.62. The molecule has 1 amide bonds. The molecule has 0 radical (unpaired) electrons. The average Bonchev–Trinajstić information content (AvgIpc) is 3.14. The topological polar surface area (TPSA) is 42.4 Å². The van der Waals surface area contributed by atoms with Gasteiger partial charge in [0, 0.05) is 24.5 Å². The van der Waals surface area contributed by atoms with Crippen LogP contribution in [0, 0.1) is 0 Å². The number of amides is 1. The van der Waals surface area contributed by atoms with Gasteiger partial charge in [-0.2, -0.15) is 0 Å². The normalized spacial score (nSPS) is 10.4. The highest BCUT2D eigenvalue weighted by atomic mass is 32.1. The highest BCUT2D eigenvalue weighted by Crippen LogP contribution is 2.17. The van der Waals surface area contributed by atoms with E-state index in [1.54, 1.807) is 29.6 Å². The van der Waals surface area contributed by atoms with Crippen LogP contribution >= 0.6 is 11.3 Å². The van der Waals surface area contributed by atoms with Gasteiger partial charge in [-0.15, -0.1) is 11.3 Å². The van der Waals surface area contributed by atoms with Gasteiger partial charge in [0.2, 0.25) is 0 Å². The Morgan fingerprint density at radius 3 is 2.75 bits per heavy atom. The second-order valence-corrected chi connectivity index (χ2v) is 6.16. The number of hydrogen-bond donors (Lipinski definition) is 0. The summed E-state index contributed by atoms with van der Waals surface area (Å²) in [4.78, 5) is 18.5. The van der Waals surface area contributed by atoms with Gasteiger partial charge in [0.15, 0.2) is 0 Å². The predicted molar refractivity (Wildman–Crippen MR) is 95.1 cm³/mol. The average molecular weight is 338 g/mol. The van der Waals surface area contributed by atoms with E-state index in [1.807, 2.05) is 47.8 Å². The molecular weight excluding hydrogens is 320 g/mol. The first kappa shape index (κ1) is 16.2. The zero-order valence-electron chi connectivity index (χ0n) is 13.4. The first-order valence-corrected chi connectivity index (χ1v) is 8.56. The van der Waals surface area contributed by atoms with Crippen LogP contribution in [-0.4, -0.2) is 22.8 Å². The molecule has 0 atom stereocenters. The number of rotatable bonds is 6. The Kier molecular flexibility index (Phi) is 5.23. The fourth-order valence-corrected chi connectivity index (χ4v) is 2.88. The van der Waals surface area contributed by atoms with E-state index in [4.69, 9.17) is 4.74 Å². The van der Waals surface area contributed by atoms with E-state index in [-0.39, 0.29) is 5.91 Å². The minimum absolute atomic E-state index is 0.0297. The van der Waals surface area contributed by atoms with Crippen LogP contribution in [-0.2, 0) is 13.2 Å². The van der Waals surface area contributed by atoms with Crippen molar-refractivity contribution in [2.75, 3.05) is 7.05 Å². The molecule has 122 valence electrons. The van der Waals surface area contributed by atoms with E-state index in [0.717, 1.165) is 11.3 Å². The summed E-state index contributed by atoms with van der Waals surface area (Å²) < 4.78 is 5.71. The van der Waals surface area contributed by atoms with Crippen LogP contribution in [0.15, 0.2) is 65.5 Å². The lowest BCUT2D eigenvalue weighted by Gasteiger charge is -2.17. The van der Waals surface area contributed by atoms with Crippen LogP contribution in [0.5, 0.6) is 5.75 Å². The van der Waals surface area contributed by atoms with Crippen LogP contribution in [0.3, 0.4) is 0 Å². The van der Waals surface area contributed by atoms with Crippen molar-refractivity contribution in [1.82, 2.24) is 9.88 Å². The smallest absolute Gasteiger partial charge is 0.254 e. The number of hydrogen-bond acceptors (Lipinski definition) is 4. The molecule has 0 bridgehead atoms. The maximum Gasteiger partial charge on any atom is 0.254 e. The van der Waals surface area contributed by atoms with Gasteiger partial charge in [0.05, 0.1) is 11.2 Å². The number of aromatic nitrogens is 1. The summed E-state index contributed by atoms with van der Waals surface area (Å²) >= 11 is 1.54. The lowest BCUT2D eigenvalue weighted by Crippen LogP contribution is -2.26. The van der Waals surface area contributed by atoms with Crippen LogP contribution in [0.4, 0.5) is 0 Å². The summed E-state index contributed by atoms with van der Waals surface area (Å²) in [7, 11) is 1.80. The summed E-state index contributed by atoms with van der Waals surface area (Å²) in [6, 6.07) is 17.2. The van der Waals surface area contributed by atoms with E-state index < -0.39 is 0 Å². The summed E-state index contributed by atoms with van der Waals surface area (Å²) in [6.45, 7) is 0.977. The standard InChI is InChI=1S/C19H18N2O2S/c1-21(11-15-6-3-2-4-7-15)19(22)16-8-5-9-18(10-16)23-12-17-13-24-14-20-17/h2-10,13-14H,11-12H2,1H3. The Balaban J connectivity index is 1.65. The third-order valence-corrected chi connectivity index (χ3v) is 4.20. The highest BCUT2D eigenvalue weighted by Gasteiger charge is 2.13. The maximum atomic E-state index is 12.6. The van der Waals surface area contributed by atoms with Crippen molar-refractivity contribution < 1.29 is 9.53 Å². The van der Waals surface area contributed by atoms with Gasteiger partial charge in [-0.1, -0.05) is 36.4 Å². The molecule has 2 aromatic carbocycles. The molecule has 0 unspecified atom stereocenters. The zero-order valence-corrected chi connectivity index (χ0v) is 14.2. The molecule has 0 saturated carbocycles. The molecule has 0 fully saturated rings. The van der Waals surface area contributed by atoms with E-state index in [1.165, 1.54) is 11.3 Å². The van der Waals surface area contributed by atoms with Crippen molar-refractivity contribution in [2.24, 2.45) is 0 Å². The van der Waals surface area contributed by atoms with Crippen molar-refractivity contribution in [2.45, 2.75) is 13.2 Å². The molecule has 0 aliphatic rings. The lowest BCUT2D eigenvalue weighted by molar-refractivity contribution is 0.0784. The third-order valence-electron chi connectivity index (χ3n) is 3.56.